The minimum Gasteiger partial charge on any atom is -0.478 e. The standard InChI is InChI=1S/C13H16O4.C6H6/c1-3-6-9(2)17-13(16)11-8-5-4-7-10(11)12(14)15;1-2-4-6-5-3-1/h4-5,7-9H,3,6H2,1-2H3,(H,14,15);1-6H. The molecule has 23 heavy (non-hydrogen) atoms. The molecule has 1 N–H and O–H groups in total. The molecule has 4 nitrogen and oxygen atoms in total. The summed E-state index contributed by atoms with van der Waals surface area (Å²) < 4.78 is 5.17. The molecule has 0 aliphatic heterocycles. The van der Waals surface area contributed by atoms with Gasteiger partial charge in [0.2, 0.25) is 0 Å². The smallest absolute Gasteiger partial charge is 0.339 e. The zero-order valence-corrected chi connectivity index (χ0v) is 13.4. The number of esters is 1. The Morgan fingerprint density at radius 3 is 1.87 bits per heavy atom. The number of carbonyl (C=O) groups excluding carboxylic acids is 1. The van der Waals surface area contributed by atoms with Crippen molar-refractivity contribution in [2.24, 2.45) is 0 Å². The van der Waals surface area contributed by atoms with Gasteiger partial charge in [-0.15, -0.1) is 0 Å². The number of aromatic carboxylic acids is 1. The van der Waals surface area contributed by atoms with Crippen LogP contribution in [0.4, 0.5) is 0 Å². The first-order valence-corrected chi connectivity index (χ1v) is 7.59. The first-order chi connectivity index (χ1) is 11.1. The fourth-order valence-electron chi connectivity index (χ4n) is 1.94. The third kappa shape index (κ3) is 6.78. The second kappa shape index (κ2) is 10.2. The molecule has 0 fully saturated rings. The van der Waals surface area contributed by atoms with E-state index in [4.69, 9.17) is 9.84 Å². The van der Waals surface area contributed by atoms with Crippen LogP contribution in [0.25, 0.3) is 0 Å². The van der Waals surface area contributed by atoms with Crippen molar-refractivity contribution in [3.8, 4) is 0 Å². The number of carboxylic acid groups (broad SMARTS) is 1. The maximum Gasteiger partial charge on any atom is 0.339 e. The second-order valence-electron chi connectivity index (χ2n) is 5.01. The predicted octanol–water partition coefficient (Wildman–Crippen LogP) is 4.42. The van der Waals surface area contributed by atoms with Gasteiger partial charge < -0.3 is 9.84 Å². The third-order valence-corrected chi connectivity index (χ3v) is 3.05. The molecule has 0 spiro atoms. The third-order valence-electron chi connectivity index (χ3n) is 3.05. The van der Waals surface area contributed by atoms with Gasteiger partial charge in [0.05, 0.1) is 17.2 Å². The van der Waals surface area contributed by atoms with Gasteiger partial charge in [-0.3, -0.25) is 0 Å². The van der Waals surface area contributed by atoms with Crippen LogP contribution in [0.1, 0.15) is 47.4 Å². The largest absolute Gasteiger partial charge is 0.478 e. The number of carboxylic acids is 1. The molecule has 2 rings (SSSR count). The summed E-state index contributed by atoms with van der Waals surface area (Å²) in [5.74, 6) is -1.70. The van der Waals surface area contributed by atoms with Crippen LogP contribution in [-0.2, 0) is 4.74 Å². The Hall–Kier alpha value is -2.62. The van der Waals surface area contributed by atoms with E-state index in [0.717, 1.165) is 12.8 Å². The highest BCUT2D eigenvalue weighted by Crippen LogP contribution is 2.12. The predicted molar refractivity (Wildman–Crippen MR) is 89.6 cm³/mol. The van der Waals surface area contributed by atoms with Crippen LogP contribution in [0.2, 0.25) is 0 Å². The van der Waals surface area contributed by atoms with Crippen molar-refractivity contribution in [3.63, 3.8) is 0 Å². The lowest BCUT2D eigenvalue weighted by Gasteiger charge is -2.13. The van der Waals surface area contributed by atoms with E-state index in [1.807, 2.05) is 43.3 Å². The minimum absolute atomic E-state index is 0.0267. The lowest BCUT2D eigenvalue weighted by Crippen LogP contribution is -2.17. The molecule has 0 heterocycles. The van der Waals surface area contributed by atoms with Crippen molar-refractivity contribution in [1.82, 2.24) is 0 Å². The molecule has 2 aromatic carbocycles. The van der Waals surface area contributed by atoms with Gasteiger partial charge in [-0.1, -0.05) is 61.9 Å². The van der Waals surface area contributed by atoms with Crippen LogP contribution in [0.3, 0.4) is 0 Å². The highest BCUT2D eigenvalue weighted by Gasteiger charge is 2.18. The molecule has 0 amide bonds. The van der Waals surface area contributed by atoms with E-state index in [9.17, 15) is 9.59 Å². The molecule has 1 atom stereocenters. The molecule has 2 aromatic rings. The fraction of sp³-hybridized carbons (Fsp3) is 0.263. The van der Waals surface area contributed by atoms with Crippen LogP contribution in [-0.4, -0.2) is 23.1 Å². The summed E-state index contributed by atoms with van der Waals surface area (Å²) in [6.45, 7) is 3.79. The number of ether oxygens (including phenoxy) is 1. The number of benzene rings is 2. The van der Waals surface area contributed by atoms with Crippen molar-refractivity contribution in [2.45, 2.75) is 32.8 Å². The van der Waals surface area contributed by atoms with Gasteiger partial charge in [0.15, 0.2) is 0 Å². The molecule has 0 aliphatic rings. The van der Waals surface area contributed by atoms with Crippen LogP contribution in [0.5, 0.6) is 0 Å². The highest BCUT2D eigenvalue weighted by molar-refractivity contribution is 6.02. The molecule has 122 valence electrons. The van der Waals surface area contributed by atoms with Gasteiger partial charge in [0.25, 0.3) is 0 Å². The summed E-state index contributed by atoms with van der Waals surface area (Å²) in [6.07, 6.45) is 1.48. The van der Waals surface area contributed by atoms with E-state index in [1.165, 1.54) is 12.1 Å². The Kier molecular flexibility index (Phi) is 8.14. The fourth-order valence-corrected chi connectivity index (χ4v) is 1.94. The summed E-state index contributed by atoms with van der Waals surface area (Å²) in [4.78, 5) is 22.7. The summed E-state index contributed by atoms with van der Waals surface area (Å²) in [6, 6.07) is 18.1. The van der Waals surface area contributed by atoms with Crippen LogP contribution in [0.15, 0.2) is 60.7 Å². The van der Waals surface area contributed by atoms with Crippen LogP contribution in [0, 0.1) is 0 Å². The van der Waals surface area contributed by atoms with Gasteiger partial charge in [0, 0.05) is 0 Å². The maximum atomic E-state index is 11.8. The van der Waals surface area contributed by atoms with Crippen molar-refractivity contribution < 1.29 is 19.4 Å². The van der Waals surface area contributed by atoms with Crippen molar-refractivity contribution >= 4 is 11.9 Å². The highest BCUT2D eigenvalue weighted by atomic mass is 16.5. The van der Waals surface area contributed by atoms with Gasteiger partial charge in [-0.25, -0.2) is 9.59 Å². The minimum atomic E-state index is -1.12. The average Bonchev–Trinajstić information content (AvgIpc) is 2.57. The molecule has 0 saturated carbocycles. The molecule has 4 heteroatoms. The molecule has 0 radical (unpaired) electrons. The number of carbonyl (C=O) groups is 2. The molecular weight excluding hydrogens is 292 g/mol. The number of hydrogen-bond donors (Lipinski definition) is 1. The van der Waals surface area contributed by atoms with Gasteiger partial charge in [-0.05, 0) is 25.5 Å². The number of hydrogen-bond acceptors (Lipinski definition) is 3. The average molecular weight is 314 g/mol. The van der Waals surface area contributed by atoms with Crippen LogP contribution >= 0.6 is 0 Å². The first kappa shape index (κ1) is 18.4. The van der Waals surface area contributed by atoms with E-state index in [1.54, 1.807) is 19.1 Å². The Morgan fingerprint density at radius 2 is 1.43 bits per heavy atom. The van der Waals surface area contributed by atoms with Gasteiger partial charge in [0.1, 0.15) is 0 Å². The summed E-state index contributed by atoms with van der Waals surface area (Å²) >= 11 is 0. The monoisotopic (exact) mass is 314 g/mol. The van der Waals surface area contributed by atoms with Gasteiger partial charge in [-0.2, -0.15) is 0 Å². The second-order valence-corrected chi connectivity index (χ2v) is 5.01. The van der Waals surface area contributed by atoms with E-state index in [2.05, 4.69) is 0 Å². The van der Waals surface area contributed by atoms with Gasteiger partial charge >= 0.3 is 11.9 Å². The summed E-state index contributed by atoms with van der Waals surface area (Å²) in [5.41, 5.74) is 0.0733. The summed E-state index contributed by atoms with van der Waals surface area (Å²) in [5, 5.41) is 8.94. The Bertz CT molecular complexity index is 581. The van der Waals surface area contributed by atoms with E-state index in [-0.39, 0.29) is 17.2 Å². The Balaban J connectivity index is 0.000000366. The molecule has 0 aromatic heterocycles. The lowest BCUT2D eigenvalue weighted by atomic mass is 10.1. The topological polar surface area (TPSA) is 63.6 Å². The van der Waals surface area contributed by atoms with E-state index >= 15 is 0 Å². The van der Waals surface area contributed by atoms with Crippen molar-refractivity contribution in [2.75, 3.05) is 0 Å². The van der Waals surface area contributed by atoms with E-state index in [0.29, 0.717) is 0 Å². The molecule has 0 saturated heterocycles. The molecule has 0 aliphatic carbocycles. The molecular formula is C19H22O4. The van der Waals surface area contributed by atoms with Crippen molar-refractivity contribution in [1.29, 1.82) is 0 Å². The first-order valence-electron chi connectivity index (χ1n) is 7.59. The zero-order valence-electron chi connectivity index (χ0n) is 13.4. The molecule has 1 unspecified atom stereocenters. The van der Waals surface area contributed by atoms with E-state index < -0.39 is 11.9 Å². The quantitative estimate of drug-likeness (QED) is 0.830. The summed E-state index contributed by atoms with van der Waals surface area (Å²) in [7, 11) is 0. The molecule has 0 bridgehead atoms. The van der Waals surface area contributed by atoms with Crippen LogP contribution < -0.4 is 0 Å². The Morgan fingerprint density at radius 1 is 0.957 bits per heavy atom. The lowest BCUT2D eigenvalue weighted by molar-refractivity contribution is 0.0317. The zero-order chi connectivity index (χ0) is 17.1. The van der Waals surface area contributed by atoms with Crippen molar-refractivity contribution in [3.05, 3.63) is 71.8 Å². The SMILES string of the molecule is CCCC(C)OC(=O)c1ccccc1C(=O)O.c1ccccc1. The maximum absolute atomic E-state index is 11.8. The number of rotatable bonds is 5. The normalized spacial score (nSPS) is 10.9. The Labute approximate surface area is 136 Å².